The van der Waals surface area contributed by atoms with Gasteiger partial charge in [-0.2, -0.15) is 0 Å². The number of hydrogen-bond acceptors (Lipinski definition) is 6. The van der Waals surface area contributed by atoms with Crippen LogP contribution >= 0.6 is 0 Å². The van der Waals surface area contributed by atoms with Crippen molar-refractivity contribution >= 4 is 11.9 Å². The predicted molar refractivity (Wildman–Crippen MR) is 108 cm³/mol. The molecule has 3 heterocycles. The molecule has 1 saturated heterocycles. The van der Waals surface area contributed by atoms with Crippen LogP contribution < -0.4 is 15.4 Å². The summed E-state index contributed by atoms with van der Waals surface area (Å²) in [5.41, 5.74) is 7.23. The van der Waals surface area contributed by atoms with E-state index >= 15 is 0 Å². The minimum absolute atomic E-state index is 0.326. The van der Waals surface area contributed by atoms with Crippen molar-refractivity contribution in [2.75, 3.05) is 31.1 Å². The van der Waals surface area contributed by atoms with Crippen molar-refractivity contribution in [3.8, 4) is 5.88 Å². The van der Waals surface area contributed by atoms with Crippen LogP contribution in [0.5, 0.6) is 5.88 Å². The summed E-state index contributed by atoms with van der Waals surface area (Å²) in [5.74, 6) is 2.04. The molecule has 8 nitrogen and oxygen atoms in total. The van der Waals surface area contributed by atoms with E-state index in [-0.39, 0.29) is 0 Å². The molecule has 0 atom stereocenters. The molecule has 4 rings (SSSR count). The number of nitrogens with zero attached hydrogens (tertiary/aromatic N) is 6. The van der Waals surface area contributed by atoms with Crippen LogP contribution in [0.2, 0.25) is 0 Å². The van der Waals surface area contributed by atoms with Crippen LogP contribution in [0.25, 0.3) is 0 Å². The summed E-state index contributed by atoms with van der Waals surface area (Å²) in [4.78, 5) is 21.8. The van der Waals surface area contributed by atoms with Crippen molar-refractivity contribution in [1.29, 1.82) is 0 Å². The van der Waals surface area contributed by atoms with Gasteiger partial charge in [-0.1, -0.05) is 6.07 Å². The van der Waals surface area contributed by atoms with Crippen molar-refractivity contribution in [3.63, 3.8) is 0 Å². The molecule has 0 unspecified atom stereocenters. The molecule has 28 heavy (non-hydrogen) atoms. The number of hydrogen-bond donors (Lipinski definition) is 1. The fraction of sp³-hybridized carbons (Fsp3) is 0.500. The maximum Gasteiger partial charge on any atom is 0.225 e. The number of aromatic nitrogens is 3. The molecule has 2 N–H and O–H groups in total. The molecular weight excluding hydrogens is 354 g/mol. The number of anilines is 1. The minimum Gasteiger partial charge on any atom is -0.474 e. The van der Waals surface area contributed by atoms with E-state index in [0.29, 0.717) is 24.5 Å². The number of nitrogens with two attached hydrogens (primary N) is 1. The zero-order valence-electron chi connectivity index (χ0n) is 16.1. The van der Waals surface area contributed by atoms with Gasteiger partial charge in [0.15, 0.2) is 5.96 Å². The van der Waals surface area contributed by atoms with Crippen LogP contribution in [0, 0.1) is 0 Å². The highest BCUT2D eigenvalue weighted by Crippen LogP contribution is 2.23. The zero-order valence-corrected chi connectivity index (χ0v) is 16.1. The van der Waals surface area contributed by atoms with E-state index in [1.807, 2.05) is 24.4 Å². The Labute approximate surface area is 165 Å². The van der Waals surface area contributed by atoms with Gasteiger partial charge in [0.1, 0.15) is 6.10 Å². The molecule has 0 aromatic carbocycles. The minimum atomic E-state index is 0.326. The van der Waals surface area contributed by atoms with Gasteiger partial charge in [0.05, 0.1) is 6.54 Å². The van der Waals surface area contributed by atoms with E-state index in [4.69, 9.17) is 10.5 Å². The number of piperazine rings is 1. The second kappa shape index (κ2) is 8.86. The van der Waals surface area contributed by atoms with Crippen molar-refractivity contribution in [2.45, 2.75) is 38.3 Å². The Balaban J connectivity index is 1.26. The smallest absolute Gasteiger partial charge is 0.225 e. The van der Waals surface area contributed by atoms with Crippen LogP contribution in [0.3, 0.4) is 0 Å². The summed E-state index contributed by atoms with van der Waals surface area (Å²) in [7, 11) is 0. The Hall–Kier alpha value is -2.90. The third-order valence-electron chi connectivity index (χ3n) is 5.25. The highest BCUT2D eigenvalue weighted by atomic mass is 16.5. The van der Waals surface area contributed by atoms with E-state index in [2.05, 4.69) is 29.7 Å². The number of guanidine groups is 1. The second-order valence-corrected chi connectivity index (χ2v) is 7.23. The molecule has 2 fully saturated rings. The predicted octanol–water partition coefficient (Wildman–Crippen LogP) is 1.83. The standard InChI is InChI=1S/C20H27N7O/c21-19(26-10-12-27(13-11-26)20-22-8-3-9-23-20)25-15-16-6-7-18(24-14-16)28-17-4-1-2-5-17/h3,6-9,14,17H,1-2,4-5,10-13,15H2,(H2,21,25). The Bertz CT molecular complexity index is 767. The molecule has 2 aromatic rings. The van der Waals surface area contributed by atoms with Gasteiger partial charge in [-0.15, -0.1) is 0 Å². The summed E-state index contributed by atoms with van der Waals surface area (Å²) in [6, 6.07) is 5.77. The molecular formula is C20H27N7O. The Morgan fingerprint density at radius 3 is 2.50 bits per heavy atom. The number of rotatable bonds is 5. The van der Waals surface area contributed by atoms with Crippen LogP contribution in [0.15, 0.2) is 41.8 Å². The topological polar surface area (TPSA) is 92.8 Å². The van der Waals surface area contributed by atoms with Gasteiger partial charge in [0.25, 0.3) is 0 Å². The number of aliphatic imine (C=N–C) groups is 1. The molecule has 2 aromatic heterocycles. The van der Waals surface area contributed by atoms with E-state index < -0.39 is 0 Å². The maximum atomic E-state index is 6.20. The molecule has 0 radical (unpaired) electrons. The monoisotopic (exact) mass is 381 g/mol. The first-order valence-corrected chi connectivity index (χ1v) is 9.96. The molecule has 1 saturated carbocycles. The van der Waals surface area contributed by atoms with Crippen molar-refractivity contribution in [2.24, 2.45) is 10.7 Å². The summed E-state index contributed by atoms with van der Waals surface area (Å²) < 4.78 is 5.90. The van der Waals surface area contributed by atoms with Crippen LogP contribution in [0.4, 0.5) is 5.95 Å². The third kappa shape index (κ3) is 4.68. The molecule has 148 valence electrons. The Morgan fingerprint density at radius 1 is 1.07 bits per heavy atom. The number of ether oxygens (including phenoxy) is 1. The third-order valence-corrected chi connectivity index (χ3v) is 5.25. The molecule has 0 spiro atoms. The van der Waals surface area contributed by atoms with Gasteiger partial charge >= 0.3 is 0 Å². The normalized spacial score (nSPS) is 18.5. The summed E-state index contributed by atoms with van der Waals surface area (Å²) in [6.45, 7) is 3.79. The van der Waals surface area contributed by atoms with E-state index in [1.165, 1.54) is 12.8 Å². The largest absolute Gasteiger partial charge is 0.474 e. The van der Waals surface area contributed by atoms with Gasteiger partial charge in [0, 0.05) is 50.8 Å². The first kappa shape index (κ1) is 18.5. The molecule has 1 aliphatic heterocycles. The van der Waals surface area contributed by atoms with Crippen LogP contribution in [-0.4, -0.2) is 58.1 Å². The molecule has 0 amide bonds. The maximum absolute atomic E-state index is 6.20. The lowest BCUT2D eigenvalue weighted by molar-refractivity contribution is 0.201. The first-order valence-electron chi connectivity index (χ1n) is 9.96. The lowest BCUT2D eigenvalue weighted by Crippen LogP contribution is -2.51. The Kier molecular flexibility index (Phi) is 5.84. The first-order chi connectivity index (χ1) is 13.8. The molecule has 8 heteroatoms. The van der Waals surface area contributed by atoms with Gasteiger partial charge in [0.2, 0.25) is 11.8 Å². The molecule has 0 bridgehead atoms. The van der Waals surface area contributed by atoms with Crippen LogP contribution in [0.1, 0.15) is 31.2 Å². The highest BCUT2D eigenvalue weighted by Gasteiger charge is 2.20. The van der Waals surface area contributed by atoms with Gasteiger partial charge in [-0.3, -0.25) is 0 Å². The Morgan fingerprint density at radius 2 is 1.82 bits per heavy atom. The lowest BCUT2D eigenvalue weighted by Gasteiger charge is -2.35. The SMILES string of the molecule is NC(=NCc1ccc(OC2CCCC2)nc1)N1CCN(c2ncccn2)CC1. The average molecular weight is 381 g/mol. The van der Waals surface area contributed by atoms with Crippen molar-refractivity contribution < 1.29 is 4.74 Å². The molecule has 1 aliphatic carbocycles. The van der Waals surface area contributed by atoms with Gasteiger partial charge in [-0.25, -0.2) is 19.9 Å². The van der Waals surface area contributed by atoms with E-state index in [1.54, 1.807) is 12.4 Å². The van der Waals surface area contributed by atoms with Gasteiger partial charge < -0.3 is 20.3 Å². The fourth-order valence-corrected chi connectivity index (χ4v) is 3.61. The average Bonchev–Trinajstić information content (AvgIpc) is 3.27. The summed E-state index contributed by atoms with van der Waals surface area (Å²) in [5, 5.41) is 0. The lowest BCUT2D eigenvalue weighted by atomic mass is 10.3. The van der Waals surface area contributed by atoms with Crippen molar-refractivity contribution in [3.05, 3.63) is 42.4 Å². The molecule has 2 aliphatic rings. The van der Waals surface area contributed by atoms with E-state index in [9.17, 15) is 0 Å². The second-order valence-electron chi connectivity index (χ2n) is 7.23. The zero-order chi connectivity index (χ0) is 19.2. The van der Waals surface area contributed by atoms with Crippen molar-refractivity contribution in [1.82, 2.24) is 19.9 Å². The van der Waals surface area contributed by atoms with Crippen LogP contribution in [-0.2, 0) is 6.54 Å². The quantitative estimate of drug-likeness (QED) is 0.624. The number of pyridine rings is 1. The van der Waals surface area contributed by atoms with Gasteiger partial charge in [-0.05, 0) is 37.3 Å². The fourth-order valence-electron chi connectivity index (χ4n) is 3.61. The summed E-state index contributed by atoms with van der Waals surface area (Å²) in [6.07, 6.45) is 10.5. The summed E-state index contributed by atoms with van der Waals surface area (Å²) >= 11 is 0. The highest BCUT2D eigenvalue weighted by molar-refractivity contribution is 5.78. The van der Waals surface area contributed by atoms with E-state index in [0.717, 1.165) is 50.5 Å².